The molecule has 1 aliphatic carbocycles. The second-order valence-corrected chi connectivity index (χ2v) is 4.89. The molecule has 0 saturated heterocycles. The first-order valence-corrected chi connectivity index (χ1v) is 6.66. The highest BCUT2D eigenvalue weighted by molar-refractivity contribution is 5.96. The van der Waals surface area contributed by atoms with E-state index in [1.807, 2.05) is 31.2 Å². The highest BCUT2D eigenvalue weighted by Gasteiger charge is 2.14. The van der Waals surface area contributed by atoms with E-state index in [0.717, 1.165) is 23.7 Å². The Bertz CT molecular complexity index is 380. The molecule has 92 valence electrons. The van der Waals surface area contributed by atoms with Crippen LogP contribution >= 0.6 is 0 Å². The second-order valence-electron chi connectivity index (χ2n) is 4.89. The first-order chi connectivity index (χ1) is 8.29. The predicted octanol–water partition coefficient (Wildman–Crippen LogP) is 3.88. The summed E-state index contributed by atoms with van der Waals surface area (Å²) in [6, 6.07) is 7.87. The second kappa shape index (κ2) is 5.85. The molecule has 17 heavy (non-hydrogen) atoms. The van der Waals surface area contributed by atoms with E-state index < -0.39 is 0 Å². The van der Waals surface area contributed by atoms with Gasteiger partial charge in [-0.3, -0.25) is 4.79 Å². The summed E-state index contributed by atoms with van der Waals surface area (Å²) in [6.07, 6.45) is 6.02. The van der Waals surface area contributed by atoms with Crippen LogP contribution in [-0.2, 0) is 0 Å². The molecule has 0 spiro atoms. The maximum Gasteiger partial charge on any atom is 0.162 e. The maximum absolute atomic E-state index is 11.6. The van der Waals surface area contributed by atoms with Crippen molar-refractivity contribution in [1.82, 2.24) is 0 Å². The lowest BCUT2D eigenvalue weighted by molar-refractivity contribution is 0.0988. The number of ketones is 1. The standard InChI is InChI=1S/C15H21NO/c1-2-15(17)13-8-5-9-14(10-13)16-11-12-6-3-4-7-12/h5,8-10,12,16H,2-4,6-7,11H2,1H3. The van der Waals surface area contributed by atoms with Crippen LogP contribution < -0.4 is 5.32 Å². The number of Topliss-reactive ketones (excluding diaryl/α,β-unsaturated/α-hetero) is 1. The Hall–Kier alpha value is -1.31. The summed E-state index contributed by atoms with van der Waals surface area (Å²) in [5.41, 5.74) is 1.90. The van der Waals surface area contributed by atoms with E-state index in [4.69, 9.17) is 0 Å². The Balaban J connectivity index is 1.93. The van der Waals surface area contributed by atoms with Gasteiger partial charge in [-0.2, -0.15) is 0 Å². The van der Waals surface area contributed by atoms with Crippen molar-refractivity contribution < 1.29 is 4.79 Å². The molecular formula is C15H21NO. The molecule has 0 bridgehead atoms. The summed E-state index contributed by atoms with van der Waals surface area (Å²) in [6.45, 7) is 2.95. The minimum absolute atomic E-state index is 0.217. The highest BCUT2D eigenvalue weighted by atomic mass is 16.1. The molecule has 0 amide bonds. The summed E-state index contributed by atoms with van der Waals surface area (Å²) in [5.74, 6) is 1.04. The van der Waals surface area contributed by atoms with Gasteiger partial charge in [0, 0.05) is 24.2 Å². The molecule has 0 aliphatic heterocycles. The quantitative estimate of drug-likeness (QED) is 0.779. The van der Waals surface area contributed by atoms with E-state index in [9.17, 15) is 4.79 Å². The van der Waals surface area contributed by atoms with Gasteiger partial charge in [-0.15, -0.1) is 0 Å². The molecule has 0 radical (unpaired) electrons. The smallest absolute Gasteiger partial charge is 0.162 e. The number of nitrogens with one attached hydrogen (secondary N) is 1. The van der Waals surface area contributed by atoms with Gasteiger partial charge in [0.05, 0.1) is 0 Å². The molecule has 0 unspecified atom stereocenters. The van der Waals surface area contributed by atoms with Gasteiger partial charge in [0.1, 0.15) is 0 Å². The van der Waals surface area contributed by atoms with E-state index in [1.165, 1.54) is 25.7 Å². The lowest BCUT2D eigenvalue weighted by Crippen LogP contribution is -2.11. The normalized spacial score (nSPS) is 16.1. The third-order valence-electron chi connectivity index (χ3n) is 3.58. The Morgan fingerprint density at radius 1 is 1.35 bits per heavy atom. The molecule has 1 aliphatic rings. The van der Waals surface area contributed by atoms with Crippen molar-refractivity contribution in [2.75, 3.05) is 11.9 Å². The third kappa shape index (κ3) is 3.32. The molecule has 0 aromatic heterocycles. The van der Waals surface area contributed by atoms with E-state index in [0.29, 0.717) is 6.42 Å². The van der Waals surface area contributed by atoms with Crippen LogP contribution in [-0.4, -0.2) is 12.3 Å². The average Bonchev–Trinajstić information content (AvgIpc) is 2.89. The monoisotopic (exact) mass is 231 g/mol. The van der Waals surface area contributed by atoms with Crippen LogP contribution in [0.1, 0.15) is 49.4 Å². The summed E-state index contributed by atoms with van der Waals surface area (Å²) < 4.78 is 0. The number of benzene rings is 1. The fraction of sp³-hybridized carbons (Fsp3) is 0.533. The van der Waals surface area contributed by atoms with Gasteiger partial charge in [0.15, 0.2) is 5.78 Å². The van der Waals surface area contributed by atoms with Crippen molar-refractivity contribution in [1.29, 1.82) is 0 Å². The van der Waals surface area contributed by atoms with Crippen molar-refractivity contribution >= 4 is 11.5 Å². The minimum Gasteiger partial charge on any atom is -0.385 e. The SMILES string of the molecule is CCC(=O)c1cccc(NCC2CCCC2)c1. The lowest BCUT2D eigenvalue weighted by Gasteiger charge is -2.12. The molecule has 1 fully saturated rings. The topological polar surface area (TPSA) is 29.1 Å². The zero-order valence-electron chi connectivity index (χ0n) is 10.5. The summed E-state index contributed by atoms with van der Waals surface area (Å²) in [5, 5.41) is 3.45. The van der Waals surface area contributed by atoms with E-state index in [2.05, 4.69) is 5.32 Å². The summed E-state index contributed by atoms with van der Waals surface area (Å²) in [7, 11) is 0. The van der Waals surface area contributed by atoms with Crippen LogP contribution in [0.25, 0.3) is 0 Å². The van der Waals surface area contributed by atoms with E-state index in [-0.39, 0.29) is 5.78 Å². The molecule has 1 aromatic rings. The molecule has 2 heteroatoms. The maximum atomic E-state index is 11.6. The zero-order chi connectivity index (χ0) is 12.1. The van der Waals surface area contributed by atoms with Gasteiger partial charge in [0.2, 0.25) is 0 Å². The molecule has 0 atom stereocenters. The van der Waals surface area contributed by atoms with Crippen LogP contribution in [0, 0.1) is 5.92 Å². The Labute approximate surface area is 103 Å². The van der Waals surface area contributed by atoms with E-state index >= 15 is 0 Å². The average molecular weight is 231 g/mol. The van der Waals surface area contributed by atoms with E-state index in [1.54, 1.807) is 0 Å². The van der Waals surface area contributed by atoms with Gasteiger partial charge in [-0.1, -0.05) is 31.9 Å². The van der Waals surface area contributed by atoms with Gasteiger partial charge in [-0.25, -0.2) is 0 Å². The minimum atomic E-state index is 0.217. The van der Waals surface area contributed by atoms with Crippen LogP contribution in [0.15, 0.2) is 24.3 Å². The van der Waals surface area contributed by atoms with Crippen LogP contribution in [0.2, 0.25) is 0 Å². The van der Waals surface area contributed by atoms with Gasteiger partial charge in [-0.05, 0) is 30.9 Å². The Morgan fingerprint density at radius 2 is 2.12 bits per heavy atom. The first-order valence-electron chi connectivity index (χ1n) is 6.66. The van der Waals surface area contributed by atoms with Crippen LogP contribution in [0.4, 0.5) is 5.69 Å². The number of carbonyl (C=O) groups is 1. The molecule has 1 aromatic carbocycles. The third-order valence-corrected chi connectivity index (χ3v) is 3.58. The summed E-state index contributed by atoms with van der Waals surface area (Å²) in [4.78, 5) is 11.6. The van der Waals surface area contributed by atoms with Crippen molar-refractivity contribution in [3.63, 3.8) is 0 Å². The van der Waals surface area contributed by atoms with Gasteiger partial charge in [0.25, 0.3) is 0 Å². The molecule has 1 saturated carbocycles. The fourth-order valence-corrected chi connectivity index (χ4v) is 2.48. The Morgan fingerprint density at radius 3 is 2.82 bits per heavy atom. The summed E-state index contributed by atoms with van der Waals surface area (Å²) >= 11 is 0. The Kier molecular flexibility index (Phi) is 4.18. The molecule has 2 nitrogen and oxygen atoms in total. The largest absolute Gasteiger partial charge is 0.385 e. The van der Waals surface area contributed by atoms with Crippen molar-refractivity contribution in [3.05, 3.63) is 29.8 Å². The first kappa shape index (κ1) is 12.2. The fourth-order valence-electron chi connectivity index (χ4n) is 2.48. The van der Waals surface area contributed by atoms with Crippen molar-refractivity contribution in [2.45, 2.75) is 39.0 Å². The number of hydrogen-bond donors (Lipinski definition) is 1. The van der Waals surface area contributed by atoms with Gasteiger partial charge >= 0.3 is 0 Å². The number of rotatable bonds is 5. The number of hydrogen-bond acceptors (Lipinski definition) is 2. The van der Waals surface area contributed by atoms with Crippen molar-refractivity contribution in [3.8, 4) is 0 Å². The molecule has 2 rings (SSSR count). The highest BCUT2D eigenvalue weighted by Crippen LogP contribution is 2.25. The van der Waals surface area contributed by atoms with Gasteiger partial charge < -0.3 is 5.32 Å². The number of carbonyl (C=O) groups excluding carboxylic acids is 1. The lowest BCUT2D eigenvalue weighted by atomic mass is 10.1. The predicted molar refractivity (Wildman–Crippen MR) is 71.5 cm³/mol. The molecular weight excluding hydrogens is 210 g/mol. The van der Waals surface area contributed by atoms with Crippen molar-refractivity contribution in [2.24, 2.45) is 5.92 Å². The van der Waals surface area contributed by atoms with Crippen LogP contribution in [0.5, 0.6) is 0 Å². The molecule has 0 heterocycles. The number of anilines is 1. The zero-order valence-corrected chi connectivity index (χ0v) is 10.5. The van der Waals surface area contributed by atoms with Crippen LogP contribution in [0.3, 0.4) is 0 Å². The molecule has 1 N–H and O–H groups in total.